The van der Waals surface area contributed by atoms with E-state index in [9.17, 15) is 13.2 Å². The van der Waals surface area contributed by atoms with Crippen LogP contribution in [0.4, 0.5) is 13.2 Å². The largest absolute Gasteiger partial charge is 0.492 e. The van der Waals surface area contributed by atoms with E-state index in [1.54, 1.807) is 7.05 Å². The predicted molar refractivity (Wildman–Crippen MR) is 108 cm³/mol. The lowest BCUT2D eigenvalue weighted by Gasteiger charge is -2.36. The first-order chi connectivity index (χ1) is 14.4. The first-order valence-corrected chi connectivity index (χ1v) is 9.82. The number of piperazine rings is 1. The van der Waals surface area contributed by atoms with Gasteiger partial charge < -0.3 is 15.0 Å². The van der Waals surface area contributed by atoms with Crippen molar-refractivity contribution in [1.82, 2.24) is 24.9 Å². The van der Waals surface area contributed by atoms with Crippen molar-refractivity contribution in [3.63, 3.8) is 0 Å². The lowest BCUT2D eigenvalue weighted by Crippen LogP contribution is -2.52. The third-order valence-corrected chi connectivity index (χ3v) is 4.91. The second-order valence-electron chi connectivity index (χ2n) is 7.07. The molecule has 0 aliphatic carbocycles. The standard InChI is InChI=1S/C20H27F3N6O/c1-24-19(25-14-16-15-27(2)26-18(16)20(21,22)23)29-10-8-28(9-11-29)12-13-30-17-6-4-3-5-7-17/h3-7,15H,8-14H2,1-2H3,(H,24,25). The molecule has 0 unspecified atom stereocenters. The summed E-state index contributed by atoms with van der Waals surface area (Å²) in [5, 5.41) is 6.58. The van der Waals surface area contributed by atoms with E-state index in [4.69, 9.17) is 4.74 Å². The number of ether oxygens (including phenoxy) is 1. The van der Waals surface area contributed by atoms with Crippen LogP contribution in [0.25, 0.3) is 0 Å². The first kappa shape index (κ1) is 21.9. The van der Waals surface area contributed by atoms with Crippen molar-refractivity contribution in [3.8, 4) is 5.75 Å². The summed E-state index contributed by atoms with van der Waals surface area (Å²) in [5.74, 6) is 1.45. The van der Waals surface area contributed by atoms with Crippen LogP contribution in [0.3, 0.4) is 0 Å². The number of nitrogens with zero attached hydrogens (tertiary/aromatic N) is 5. The number of hydrogen-bond donors (Lipinski definition) is 1. The van der Waals surface area contributed by atoms with Gasteiger partial charge in [-0.15, -0.1) is 0 Å². The van der Waals surface area contributed by atoms with E-state index in [1.165, 1.54) is 17.9 Å². The number of nitrogens with one attached hydrogen (secondary N) is 1. The van der Waals surface area contributed by atoms with Gasteiger partial charge in [-0.05, 0) is 12.1 Å². The molecule has 0 bridgehead atoms. The average Bonchev–Trinajstić information content (AvgIpc) is 3.11. The van der Waals surface area contributed by atoms with E-state index in [0.29, 0.717) is 12.6 Å². The maximum Gasteiger partial charge on any atom is 0.435 e. The minimum atomic E-state index is -4.48. The molecule has 1 aromatic heterocycles. The van der Waals surface area contributed by atoms with Gasteiger partial charge in [0.1, 0.15) is 12.4 Å². The highest BCUT2D eigenvalue weighted by atomic mass is 19.4. The number of rotatable bonds is 6. The van der Waals surface area contributed by atoms with Gasteiger partial charge in [-0.1, -0.05) is 18.2 Å². The highest BCUT2D eigenvalue weighted by Gasteiger charge is 2.36. The molecule has 0 radical (unpaired) electrons. The number of aryl methyl sites for hydroxylation is 1. The van der Waals surface area contributed by atoms with Crippen LogP contribution in [0, 0.1) is 0 Å². The molecule has 164 valence electrons. The molecule has 1 aliphatic heterocycles. The van der Waals surface area contributed by atoms with Crippen LogP contribution >= 0.6 is 0 Å². The van der Waals surface area contributed by atoms with Crippen molar-refractivity contribution in [2.24, 2.45) is 12.0 Å². The van der Waals surface area contributed by atoms with Crippen LogP contribution in [0.15, 0.2) is 41.5 Å². The fourth-order valence-electron chi connectivity index (χ4n) is 3.40. The van der Waals surface area contributed by atoms with E-state index in [-0.39, 0.29) is 12.1 Å². The van der Waals surface area contributed by atoms with E-state index in [1.807, 2.05) is 30.3 Å². The molecular weight excluding hydrogens is 397 g/mol. The molecule has 1 aliphatic rings. The van der Waals surface area contributed by atoms with Crippen molar-refractivity contribution in [2.75, 3.05) is 46.4 Å². The highest BCUT2D eigenvalue weighted by molar-refractivity contribution is 5.80. The van der Waals surface area contributed by atoms with E-state index < -0.39 is 11.9 Å². The summed E-state index contributed by atoms with van der Waals surface area (Å²) >= 11 is 0. The van der Waals surface area contributed by atoms with Gasteiger partial charge >= 0.3 is 6.18 Å². The van der Waals surface area contributed by atoms with Gasteiger partial charge in [0, 0.05) is 65.1 Å². The summed E-state index contributed by atoms with van der Waals surface area (Å²) in [5.41, 5.74) is -0.765. The Kier molecular flexibility index (Phi) is 7.20. The van der Waals surface area contributed by atoms with Crippen molar-refractivity contribution in [3.05, 3.63) is 47.8 Å². The molecule has 0 amide bonds. The van der Waals surface area contributed by atoms with Crippen molar-refractivity contribution < 1.29 is 17.9 Å². The predicted octanol–water partition coefficient (Wildman–Crippen LogP) is 2.21. The van der Waals surface area contributed by atoms with Crippen LogP contribution < -0.4 is 10.1 Å². The first-order valence-electron chi connectivity index (χ1n) is 9.82. The SMILES string of the molecule is CN=C(NCc1cn(C)nc1C(F)(F)F)N1CCN(CCOc2ccccc2)CC1. The Morgan fingerprint density at radius 3 is 2.50 bits per heavy atom. The number of alkyl halides is 3. The number of benzene rings is 1. The second-order valence-corrected chi connectivity index (χ2v) is 7.07. The molecule has 0 saturated carbocycles. The van der Waals surface area contributed by atoms with Crippen molar-refractivity contribution in [1.29, 1.82) is 0 Å². The normalized spacial score (nSPS) is 16.0. The Hall–Kier alpha value is -2.75. The van der Waals surface area contributed by atoms with E-state index >= 15 is 0 Å². The van der Waals surface area contributed by atoms with Crippen molar-refractivity contribution in [2.45, 2.75) is 12.7 Å². The summed E-state index contributed by atoms with van der Waals surface area (Å²) in [4.78, 5) is 8.59. The third-order valence-electron chi connectivity index (χ3n) is 4.91. The Bertz CT molecular complexity index is 829. The zero-order valence-electron chi connectivity index (χ0n) is 17.2. The second kappa shape index (κ2) is 9.84. The zero-order chi connectivity index (χ0) is 21.6. The number of hydrogen-bond acceptors (Lipinski definition) is 4. The lowest BCUT2D eigenvalue weighted by molar-refractivity contribution is -0.142. The molecule has 0 spiro atoms. The molecular formula is C20H27F3N6O. The number of guanidine groups is 1. The quantitative estimate of drug-likeness (QED) is 0.569. The van der Waals surface area contributed by atoms with Gasteiger partial charge in [0.15, 0.2) is 11.7 Å². The summed E-state index contributed by atoms with van der Waals surface area (Å²) < 4.78 is 46.3. The smallest absolute Gasteiger partial charge is 0.435 e. The molecule has 30 heavy (non-hydrogen) atoms. The van der Waals surface area contributed by atoms with Crippen molar-refractivity contribution >= 4 is 5.96 Å². The molecule has 1 fully saturated rings. The van der Waals surface area contributed by atoms with Crippen LogP contribution in [-0.2, 0) is 19.8 Å². The van der Waals surface area contributed by atoms with Gasteiger partial charge in [-0.2, -0.15) is 18.3 Å². The third kappa shape index (κ3) is 5.88. The minimum Gasteiger partial charge on any atom is -0.492 e. The molecule has 10 heteroatoms. The average molecular weight is 424 g/mol. The molecule has 2 heterocycles. The fraction of sp³-hybridized carbons (Fsp3) is 0.500. The summed E-state index contributed by atoms with van der Waals surface area (Å²) in [6, 6.07) is 9.69. The van der Waals surface area contributed by atoms with Gasteiger partial charge in [0.05, 0.1) is 0 Å². The number of aromatic nitrogens is 2. The van der Waals surface area contributed by atoms with E-state index in [0.717, 1.165) is 38.5 Å². The van der Waals surface area contributed by atoms with Crippen LogP contribution in [0.5, 0.6) is 5.75 Å². The maximum absolute atomic E-state index is 13.1. The lowest BCUT2D eigenvalue weighted by atomic mass is 10.2. The number of halogens is 3. The van der Waals surface area contributed by atoms with Gasteiger partial charge in [0.2, 0.25) is 0 Å². The minimum absolute atomic E-state index is 0.0144. The van der Waals surface area contributed by atoms with Crippen LogP contribution in [0.1, 0.15) is 11.3 Å². The summed E-state index contributed by atoms with van der Waals surface area (Å²) in [6.07, 6.45) is -3.09. The fourth-order valence-corrected chi connectivity index (χ4v) is 3.40. The Morgan fingerprint density at radius 2 is 1.87 bits per heavy atom. The van der Waals surface area contributed by atoms with Gasteiger partial charge in [0.25, 0.3) is 0 Å². The number of aliphatic imine (C=N–C) groups is 1. The van der Waals surface area contributed by atoms with Crippen LogP contribution in [0.2, 0.25) is 0 Å². The van der Waals surface area contributed by atoms with Gasteiger partial charge in [-0.25, -0.2) is 0 Å². The molecule has 1 N–H and O–H groups in total. The van der Waals surface area contributed by atoms with Crippen LogP contribution in [-0.4, -0.2) is 71.9 Å². The monoisotopic (exact) mass is 424 g/mol. The topological polar surface area (TPSA) is 57.9 Å². The molecule has 2 aromatic rings. The highest BCUT2D eigenvalue weighted by Crippen LogP contribution is 2.30. The van der Waals surface area contributed by atoms with E-state index in [2.05, 4.69) is 25.2 Å². The molecule has 1 aromatic carbocycles. The van der Waals surface area contributed by atoms with Gasteiger partial charge in [-0.3, -0.25) is 14.6 Å². The zero-order valence-corrected chi connectivity index (χ0v) is 17.2. The number of para-hydroxylation sites is 1. The molecule has 1 saturated heterocycles. The summed E-state index contributed by atoms with van der Waals surface area (Å²) in [7, 11) is 3.12. The Labute approximate surface area is 174 Å². The molecule has 0 atom stereocenters. The Balaban J connectivity index is 1.45. The maximum atomic E-state index is 13.1. The molecule has 7 nitrogen and oxygen atoms in total. The summed E-state index contributed by atoms with van der Waals surface area (Å²) in [6.45, 7) is 4.59. The Morgan fingerprint density at radius 1 is 1.17 bits per heavy atom. The molecule has 3 rings (SSSR count).